The van der Waals surface area contributed by atoms with Crippen LogP contribution in [0.3, 0.4) is 0 Å². The van der Waals surface area contributed by atoms with Crippen LogP contribution in [0, 0.1) is 0 Å². The van der Waals surface area contributed by atoms with Crippen LogP contribution in [0.4, 0.5) is 4.79 Å². The number of hydrogen-bond acceptors (Lipinski definition) is 5. The van der Waals surface area contributed by atoms with Gasteiger partial charge in [0.15, 0.2) is 0 Å². The molecule has 0 aromatic heterocycles. The summed E-state index contributed by atoms with van der Waals surface area (Å²) in [6, 6.07) is 9.66. The lowest BCUT2D eigenvalue weighted by atomic mass is 10.2. The Kier molecular flexibility index (Phi) is 8.06. The number of nitrogens with zero attached hydrogens (tertiary/aromatic N) is 2. The minimum absolute atomic E-state index is 0.283. The van der Waals surface area contributed by atoms with Crippen molar-refractivity contribution in [1.82, 2.24) is 20.4 Å². The van der Waals surface area contributed by atoms with Gasteiger partial charge in [0.1, 0.15) is 6.61 Å². The van der Waals surface area contributed by atoms with Gasteiger partial charge in [-0.3, -0.25) is 4.79 Å². The summed E-state index contributed by atoms with van der Waals surface area (Å²) in [6.07, 6.45) is 0.580. The predicted molar refractivity (Wildman–Crippen MR) is 91.6 cm³/mol. The number of carbonyl (C=O) groups is 2. The largest absolute Gasteiger partial charge is 0.445 e. The predicted octanol–water partition coefficient (Wildman–Crippen LogP) is 0.276. The zero-order valence-electron chi connectivity index (χ0n) is 13.9. The molecule has 2 N–H and O–H groups in total. The monoisotopic (exact) mass is 334 g/mol. The van der Waals surface area contributed by atoms with E-state index in [2.05, 4.69) is 10.6 Å². The van der Waals surface area contributed by atoms with Crippen LogP contribution >= 0.6 is 0 Å². The van der Waals surface area contributed by atoms with Gasteiger partial charge in [-0.05, 0) is 5.56 Å². The summed E-state index contributed by atoms with van der Waals surface area (Å²) in [4.78, 5) is 26.6. The minimum Gasteiger partial charge on any atom is -0.445 e. The van der Waals surface area contributed by atoms with Crippen LogP contribution in [0.5, 0.6) is 0 Å². The van der Waals surface area contributed by atoms with E-state index in [4.69, 9.17) is 4.74 Å². The standard InChI is InChI=1S/C17H26N4O3/c22-15-20-10-6-18-8-12-21(13-9-19-7-11-20)17(23)24-14-16-4-2-1-3-5-16/h1-5,15,18-19H,6-14H2. The third-order valence-corrected chi connectivity index (χ3v) is 3.88. The van der Waals surface area contributed by atoms with Crippen molar-refractivity contribution in [2.75, 3.05) is 52.4 Å². The first kappa shape index (κ1) is 18.2. The van der Waals surface area contributed by atoms with Crippen molar-refractivity contribution in [2.24, 2.45) is 0 Å². The maximum Gasteiger partial charge on any atom is 0.410 e. The summed E-state index contributed by atoms with van der Waals surface area (Å²) in [7, 11) is 0. The Morgan fingerprint density at radius 2 is 1.58 bits per heavy atom. The molecule has 1 fully saturated rings. The number of nitrogens with one attached hydrogen (secondary N) is 2. The lowest BCUT2D eigenvalue weighted by molar-refractivity contribution is -0.118. The highest BCUT2D eigenvalue weighted by Gasteiger charge is 2.15. The number of carbonyl (C=O) groups excluding carboxylic acids is 2. The van der Waals surface area contributed by atoms with E-state index in [-0.39, 0.29) is 12.7 Å². The molecular weight excluding hydrogens is 308 g/mol. The van der Waals surface area contributed by atoms with E-state index in [1.807, 2.05) is 30.3 Å². The van der Waals surface area contributed by atoms with Crippen LogP contribution in [0.1, 0.15) is 5.56 Å². The molecule has 0 aliphatic carbocycles. The van der Waals surface area contributed by atoms with Crippen molar-refractivity contribution in [3.8, 4) is 0 Å². The Balaban J connectivity index is 1.79. The van der Waals surface area contributed by atoms with E-state index in [0.717, 1.165) is 12.0 Å². The van der Waals surface area contributed by atoms with Gasteiger partial charge in [-0.2, -0.15) is 0 Å². The molecule has 1 aromatic rings. The first-order chi connectivity index (χ1) is 11.8. The molecule has 7 heteroatoms. The third-order valence-electron chi connectivity index (χ3n) is 3.88. The molecule has 132 valence electrons. The molecule has 1 aromatic carbocycles. The van der Waals surface area contributed by atoms with Crippen molar-refractivity contribution in [3.63, 3.8) is 0 Å². The Labute approximate surface area is 142 Å². The van der Waals surface area contributed by atoms with E-state index in [1.165, 1.54) is 0 Å². The third kappa shape index (κ3) is 6.55. The molecule has 7 nitrogen and oxygen atoms in total. The van der Waals surface area contributed by atoms with Gasteiger partial charge in [-0.25, -0.2) is 4.79 Å². The molecule has 0 radical (unpaired) electrons. The quantitative estimate of drug-likeness (QED) is 0.777. The lowest BCUT2D eigenvalue weighted by Crippen LogP contribution is -2.44. The van der Waals surface area contributed by atoms with Crippen molar-refractivity contribution >= 4 is 12.5 Å². The van der Waals surface area contributed by atoms with E-state index in [9.17, 15) is 9.59 Å². The maximum atomic E-state index is 12.3. The van der Waals surface area contributed by atoms with Gasteiger partial charge in [0.25, 0.3) is 0 Å². The Morgan fingerprint density at radius 1 is 1.00 bits per heavy atom. The molecule has 1 aliphatic heterocycles. The van der Waals surface area contributed by atoms with Gasteiger partial charge < -0.3 is 25.2 Å². The van der Waals surface area contributed by atoms with Crippen LogP contribution in [0.2, 0.25) is 0 Å². The van der Waals surface area contributed by atoms with Crippen LogP contribution < -0.4 is 10.6 Å². The first-order valence-electron chi connectivity index (χ1n) is 8.36. The maximum absolute atomic E-state index is 12.3. The molecule has 1 aliphatic rings. The van der Waals surface area contributed by atoms with E-state index >= 15 is 0 Å². The highest BCUT2D eigenvalue weighted by molar-refractivity contribution is 5.67. The molecule has 2 amide bonds. The second-order valence-electron chi connectivity index (χ2n) is 5.67. The van der Waals surface area contributed by atoms with Gasteiger partial charge in [0, 0.05) is 52.4 Å². The highest BCUT2D eigenvalue weighted by atomic mass is 16.6. The Bertz CT molecular complexity index is 484. The zero-order valence-corrected chi connectivity index (χ0v) is 13.9. The molecule has 0 unspecified atom stereocenters. The molecule has 0 spiro atoms. The molecule has 1 saturated heterocycles. The molecule has 0 atom stereocenters. The average Bonchev–Trinajstić information content (AvgIpc) is 2.61. The fourth-order valence-electron chi connectivity index (χ4n) is 2.45. The summed E-state index contributed by atoms with van der Waals surface area (Å²) in [5.41, 5.74) is 0.977. The van der Waals surface area contributed by atoms with E-state index in [0.29, 0.717) is 52.4 Å². The van der Waals surface area contributed by atoms with Gasteiger partial charge in [-0.1, -0.05) is 30.3 Å². The summed E-state index contributed by atoms with van der Waals surface area (Å²) < 4.78 is 5.40. The SMILES string of the molecule is O=CN1CCNCCN(C(=O)OCc2ccccc2)CCNCC1. The van der Waals surface area contributed by atoms with Crippen LogP contribution in [0.25, 0.3) is 0 Å². The van der Waals surface area contributed by atoms with Crippen LogP contribution in [-0.4, -0.2) is 74.7 Å². The van der Waals surface area contributed by atoms with Crippen molar-refractivity contribution in [1.29, 1.82) is 0 Å². The fraction of sp³-hybridized carbons (Fsp3) is 0.529. The van der Waals surface area contributed by atoms with Gasteiger partial charge in [0.2, 0.25) is 6.41 Å². The van der Waals surface area contributed by atoms with Crippen LogP contribution in [-0.2, 0) is 16.1 Å². The average molecular weight is 334 g/mol. The minimum atomic E-state index is -0.297. The van der Waals surface area contributed by atoms with E-state index in [1.54, 1.807) is 9.80 Å². The lowest BCUT2D eigenvalue weighted by Gasteiger charge is -2.25. The van der Waals surface area contributed by atoms with Gasteiger partial charge >= 0.3 is 6.09 Å². The van der Waals surface area contributed by atoms with Gasteiger partial charge in [-0.15, -0.1) is 0 Å². The second-order valence-corrected chi connectivity index (χ2v) is 5.67. The van der Waals surface area contributed by atoms with Crippen LogP contribution in [0.15, 0.2) is 30.3 Å². The number of ether oxygens (including phenoxy) is 1. The normalized spacial score (nSPS) is 17.5. The molecule has 1 heterocycles. The Hall–Kier alpha value is -2.12. The van der Waals surface area contributed by atoms with Gasteiger partial charge in [0.05, 0.1) is 0 Å². The summed E-state index contributed by atoms with van der Waals surface area (Å²) in [5, 5.41) is 6.51. The number of benzene rings is 1. The molecule has 0 bridgehead atoms. The molecular formula is C17H26N4O3. The summed E-state index contributed by atoms with van der Waals surface area (Å²) in [5.74, 6) is 0. The van der Waals surface area contributed by atoms with Crippen molar-refractivity contribution < 1.29 is 14.3 Å². The smallest absolute Gasteiger partial charge is 0.410 e. The van der Waals surface area contributed by atoms with Crippen molar-refractivity contribution in [2.45, 2.75) is 6.61 Å². The first-order valence-corrected chi connectivity index (χ1v) is 8.36. The van der Waals surface area contributed by atoms with E-state index < -0.39 is 0 Å². The number of amides is 2. The number of rotatable bonds is 3. The highest BCUT2D eigenvalue weighted by Crippen LogP contribution is 2.03. The second kappa shape index (κ2) is 10.6. The van der Waals surface area contributed by atoms with Crippen molar-refractivity contribution in [3.05, 3.63) is 35.9 Å². The fourth-order valence-corrected chi connectivity index (χ4v) is 2.45. The zero-order chi connectivity index (χ0) is 17.0. The molecule has 2 rings (SSSR count). The summed E-state index contributed by atoms with van der Waals surface area (Å²) in [6.45, 7) is 5.56. The number of hydrogen-bond donors (Lipinski definition) is 2. The molecule has 0 saturated carbocycles. The Morgan fingerprint density at radius 3 is 2.17 bits per heavy atom. The molecule has 24 heavy (non-hydrogen) atoms. The topological polar surface area (TPSA) is 73.9 Å². The summed E-state index contributed by atoms with van der Waals surface area (Å²) >= 11 is 0.